The lowest BCUT2D eigenvalue weighted by atomic mass is 9.78. The third-order valence-electron chi connectivity index (χ3n) is 4.16. The summed E-state index contributed by atoms with van der Waals surface area (Å²) in [5.41, 5.74) is 0. The van der Waals surface area contributed by atoms with Crippen LogP contribution in [-0.4, -0.2) is 32.7 Å². The minimum atomic E-state index is 0.193. The number of rotatable bonds is 3. The van der Waals surface area contributed by atoms with Gasteiger partial charge >= 0.3 is 0 Å². The first-order valence-corrected chi connectivity index (χ1v) is 5.81. The fraction of sp³-hybridized carbons (Fsp3) is 0.917. The summed E-state index contributed by atoms with van der Waals surface area (Å²) in [5, 5.41) is 0. The highest BCUT2D eigenvalue weighted by atomic mass is 16.5. The van der Waals surface area contributed by atoms with Crippen LogP contribution in [0.15, 0.2) is 0 Å². The van der Waals surface area contributed by atoms with E-state index >= 15 is 0 Å². The Labute approximate surface area is 91.1 Å². The molecule has 86 valence electrons. The van der Waals surface area contributed by atoms with Gasteiger partial charge in [-0.2, -0.15) is 0 Å². The molecule has 2 rings (SSSR count). The molecular formula is C12H20O3. The summed E-state index contributed by atoms with van der Waals surface area (Å²) in [7, 11) is 3.51. The second kappa shape index (κ2) is 4.62. The van der Waals surface area contributed by atoms with Crippen LogP contribution in [0.25, 0.3) is 0 Å². The Bertz CT molecular complexity index is 229. The molecule has 0 heterocycles. The van der Waals surface area contributed by atoms with Crippen molar-refractivity contribution in [3.05, 3.63) is 0 Å². The first-order chi connectivity index (χ1) is 7.30. The molecule has 0 amide bonds. The minimum Gasteiger partial charge on any atom is -0.379 e. The molecule has 0 saturated heterocycles. The van der Waals surface area contributed by atoms with Crippen LogP contribution in [0.2, 0.25) is 0 Å². The molecule has 0 aromatic carbocycles. The van der Waals surface area contributed by atoms with Gasteiger partial charge in [0, 0.05) is 20.1 Å². The monoisotopic (exact) mass is 212 g/mol. The number of methoxy groups -OCH3 is 2. The minimum absolute atomic E-state index is 0.193. The number of carbonyl (C=O) groups is 1. The van der Waals surface area contributed by atoms with Crippen molar-refractivity contribution in [2.75, 3.05) is 14.2 Å². The van der Waals surface area contributed by atoms with Crippen molar-refractivity contribution < 1.29 is 14.3 Å². The molecule has 0 aromatic rings. The van der Waals surface area contributed by atoms with Crippen molar-refractivity contribution in [2.24, 2.45) is 17.8 Å². The van der Waals surface area contributed by atoms with E-state index in [4.69, 9.17) is 9.47 Å². The molecule has 0 spiro atoms. The highest BCUT2D eigenvalue weighted by molar-refractivity contribution is 5.54. The zero-order valence-electron chi connectivity index (χ0n) is 9.52. The summed E-state index contributed by atoms with van der Waals surface area (Å²) in [6.07, 6.45) is 5.85. The average Bonchev–Trinajstić information content (AvgIpc) is 2.70. The number of hydrogen-bond acceptors (Lipinski definition) is 3. The second-order valence-electron chi connectivity index (χ2n) is 4.84. The van der Waals surface area contributed by atoms with E-state index in [9.17, 15) is 4.79 Å². The fourth-order valence-corrected chi connectivity index (χ4v) is 3.44. The molecule has 0 bridgehead atoms. The van der Waals surface area contributed by atoms with E-state index in [0.717, 1.165) is 25.5 Å². The maximum Gasteiger partial charge on any atom is 0.123 e. The van der Waals surface area contributed by atoms with Crippen LogP contribution in [0.4, 0.5) is 0 Å². The zero-order chi connectivity index (χ0) is 10.8. The maximum atomic E-state index is 10.8. The molecular weight excluding hydrogens is 192 g/mol. The van der Waals surface area contributed by atoms with E-state index in [0.29, 0.717) is 11.8 Å². The largest absolute Gasteiger partial charge is 0.379 e. The fourth-order valence-electron chi connectivity index (χ4n) is 3.44. The Hall–Kier alpha value is -0.410. The Morgan fingerprint density at radius 1 is 1.13 bits per heavy atom. The van der Waals surface area contributed by atoms with Crippen LogP contribution in [0.1, 0.15) is 25.7 Å². The first kappa shape index (κ1) is 11.1. The number of aldehydes is 1. The number of carbonyl (C=O) groups excluding carboxylic acids is 1. The Kier molecular flexibility index (Phi) is 3.42. The van der Waals surface area contributed by atoms with Crippen molar-refractivity contribution in [1.82, 2.24) is 0 Å². The molecule has 3 nitrogen and oxygen atoms in total. The smallest absolute Gasteiger partial charge is 0.123 e. The van der Waals surface area contributed by atoms with Gasteiger partial charge in [-0.1, -0.05) is 0 Å². The maximum absolute atomic E-state index is 10.8. The molecule has 0 aliphatic heterocycles. The molecule has 0 aromatic heterocycles. The van der Waals surface area contributed by atoms with Crippen LogP contribution in [0.3, 0.4) is 0 Å². The van der Waals surface area contributed by atoms with Crippen molar-refractivity contribution in [2.45, 2.75) is 37.9 Å². The number of fused-ring (bicyclic) bond motifs is 1. The van der Waals surface area contributed by atoms with E-state index in [1.165, 1.54) is 6.42 Å². The molecule has 0 radical (unpaired) electrons. The van der Waals surface area contributed by atoms with Gasteiger partial charge in [0.05, 0.1) is 12.2 Å². The lowest BCUT2D eigenvalue weighted by molar-refractivity contribution is -0.111. The van der Waals surface area contributed by atoms with Crippen molar-refractivity contribution in [3.63, 3.8) is 0 Å². The van der Waals surface area contributed by atoms with Gasteiger partial charge in [-0.25, -0.2) is 0 Å². The summed E-state index contributed by atoms with van der Waals surface area (Å²) >= 11 is 0. The molecule has 2 saturated carbocycles. The van der Waals surface area contributed by atoms with E-state index in [2.05, 4.69) is 0 Å². The van der Waals surface area contributed by atoms with E-state index < -0.39 is 0 Å². The molecule has 5 atom stereocenters. The van der Waals surface area contributed by atoms with Crippen molar-refractivity contribution in [1.29, 1.82) is 0 Å². The predicted molar refractivity (Wildman–Crippen MR) is 56.6 cm³/mol. The molecule has 0 N–H and O–H groups in total. The van der Waals surface area contributed by atoms with Crippen LogP contribution in [0.5, 0.6) is 0 Å². The van der Waals surface area contributed by atoms with E-state index in [1.807, 2.05) is 0 Å². The summed E-state index contributed by atoms with van der Waals surface area (Å²) < 4.78 is 11.0. The lowest BCUT2D eigenvalue weighted by Crippen LogP contribution is -2.42. The topological polar surface area (TPSA) is 35.5 Å². The van der Waals surface area contributed by atoms with E-state index in [1.54, 1.807) is 14.2 Å². The molecule has 2 fully saturated rings. The third-order valence-corrected chi connectivity index (χ3v) is 4.16. The average molecular weight is 212 g/mol. The Morgan fingerprint density at radius 3 is 2.53 bits per heavy atom. The van der Waals surface area contributed by atoms with Crippen molar-refractivity contribution >= 4 is 6.29 Å². The normalized spacial score (nSPS) is 45.1. The summed E-state index contributed by atoms with van der Waals surface area (Å²) in [6, 6.07) is 0. The van der Waals surface area contributed by atoms with Crippen LogP contribution < -0.4 is 0 Å². The van der Waals surface area contributed by atoms with Gasteiger partial charge in [0.15, 0.2) is 0 Å². The Morgan fingerprint density at radius 2 is 1.93 bits per heavy atom. The van der Waals surface area contributed by atoms with Gasteiger partial charge in [-0.15, -0.1) is 0 Å². The SMILES string of the molecule is COC1CCC2CC(C=O)CC2C1OC. The van der Waals surface area contributed by atoms with Crippen LogP contribution >= 0.6 is 0 Å². The number of ether oxygens (including phenoxy) is 2. The highest BCUT2D eigenvalue weighted by Gasteiger charge is 2.45. The molecule has 2 aliphatic rings. The van der Waals surface area contributed by atoms with Crippen LogP contribution in [0, 0.1) is 17.8 Å². The predicted octanol–water partition coefficient (Wildman–Crippen LogP) is 1.65. The summed E-state index contributed by atoms with van der Waals surface area (Å²) in [4.78, 5) is 10.8. The second-order valence-corrected chi connectivity index (χ2v) is 4.84. The summed E-state index contributed by atoms with van der Waals surface area (Å²) in [5.74, 6) is 1.47. The zero-order valence-corrected chi connectivity index (χ0v) is 9.52. The highest BCUT2D eigenvalue weighted by Crippen LogP contribution is 2.46. The third kappa shape index (κ3) is 1.95. The number of hydrogen-bond donors (Lipinski definition) is 0. The van der Waals surface area contributed by atoms with Gasteiger partial charge in [0.1, 0.15) is 6.29 Å². The van der Waals surface area contributed by atoms with Crippen LogP contribution in [-0.2, 0) is 14.3 Å². The van der Waals surface area contributed by atoms with Gasteiger partial charge in [0.2, 0.25) is 0 Å². The molecule has 15 heavy (non-hydrogen) atoms. The first-order valence-electron chi connectivity index (χ1n) is 5.81. The van der Waals surface area contributed by atoms with Gasteiger partial charge < -0.3 is 14.3 Å². The quantitative estimate of drug-likeness (QED) is 0.667. The Balaban J connectivity index is 2.07. The van der Waals surface area contributed by atoms with E-state index in [-0.39, 0.29) is 18.1 Å². The lowest BCUT2D eigenvalue weighted by Gasteiger charge is -2.38. The standard InChI is InChI=1S/C12H20O3/c1-14-11-4-3-9-5-8(7-13)6-10(9)12(11)15-2/h7-12H,3-6H2,1-2H3. The summed E-state index contributed by atoms with van der Waals surface area (Å²) in [6.45, 7) is 0. The molecule has 3 heteroatoms. The van der Waals surface area contributed by atoms with Crippen molar-refractivity contribution in [3.8, 4) is 0 Å². The van der Waals surface area contributed by atoms with Gasteiger partial charge in [0.25, 0.3) is 0 Å². The molecule has 5 unspecified atom stereocenters. The molecule has 2 aliphatic carbocycles. The van der Waals surface area contributed by atoms with Gasteiger partial charge in [-0.05, 0) is 37.5 Å². The van der Waals surface area contributed by atoms with Gasteiger partial charge in [-0.3, -0.25) is 0 Å².